The predicted molar refractivity (Wildman–Crippen MR) is 82.1 cm³/mol. The van der Waals surface area contributed by atoms with Crippen LogP contribution in [0.5, 0.6) is 11.5 Å². The first-order valence-corrected chi connectivity index (χ1v) is 7.34. The fourth-order valence-electron chi connectivity index (χ4n) is 1.99. The standard InChI is InChI=1S/C15H18ClNO6/c1-15(2,3)23-14(20)17-10(13(18)19)4-8-5-11-12(6-9(8)16)22-7-21-11/h5-6,10H,4,7H2,1-3H3,(H,17,20)(H,18,19). The van der Waals surface area contributed by atoms with E-state index >= 15 is 0 Å². The highest BCUT2D eigenvalue weighted by atomic mass is 35.5. The number of fused-ring (bicyclic) bond motifs is 1. The number of amides is 1. The number of halogens is 1. The number of carbonyl (C=O) groups excluding carboxylic acids is 1. The van der Waals surface area contributed by atoms with Crippen molar-refractivity contribution in [1.29, 1.82) is 0 Å². The zero-order valence-electron chi connectivity index (χ0n) is 13.0. The summed E-state index contributed by atoms with van der Waals surface area (Å²) in [6, 6.07) is 1.99. The third kappa shape index (κ3) is 4.66. The molecular formula is C15H18ClNO6. The van der Waals surface area contributed by atoms with Crippen molar-refractivity contribution in [2.45, 2.75) is 38.8 Å². The van der Waals surface area contributed by atoms with Crippen LogP contribution in [0.3, 0.4) is 0 Å². The van der Waals surface area contributed by atoms with Crippen molar-refractivity contribution in [3.05, 3.63) is 22.7 Å². The van der Waals surface area contributed by atoms with Gasteiger partial charge < -0.3 is 24.6 Å². The van der Waals surface area contributed by atoms with Gasteiger partial charge in [-0.2, -0.15) is 0 Å². The molecular weight excluding hydrogens is 326 g/mol. The molecule has 0 fully saturated rings. The summed E-state index contributed by atoms with van der Waals surface area (Å²) in [4.78, 5) is 23.1. The Labute approximate surface area is 138 Å². The van der Waals surface area contributed by atoms with Crippen LogP contribution in [-0.4, -0.2) is 35.6 Å². The average molecular weight is 344 g/mol. The van der Waals surface area contributed by atoms with Crippen LogP contribution in [0.25, 0.3) is 0 Å². The summed E-state index contributed by atoms with van der Waals surface area (Å²) in [6.07, 6.45) is -0.814. The molecule has 1 aliphatic heterocycles. The van der Waals surface area contributed by atoms with E-state index in [0.29, 0.717) is 22.1 Å². The molecule has 0 saturated heterocycles. The van der Waals surface area contributed by atoms with Crippen molar-refractivity contribution in [2.24, 2.45) is 0 Å². The van der Waals surface area contributed by atoms with Crippen molar-refractivity contribution in [3.63, 3.8) is 0 Å². The minimum atomic E-state index is -1.19. The molecule has 0 bridgehead atoms. The van der Waals surface area contributed by atoms with Crippen LogP contribution in [0.1, 0.15) is 26.3 Å². The van der Waals surface area contributed by atoms with Crippen LogP contribution < -0.4 is 14.8 Å². The van der Waals surface area contributed by atoms with E-state index in [-0.39, 0.29) is 13.2 Å². The van der Waals surface area contributed by atoms with E-state index < -0.39 is 23.7 Å². The van der Waals surface area contributed by atoms with E-state index in [2.05, 4.69) is 5.32 Å². The van der Waals surface area contributed by atoms with Crippen LogP contribution in [-0.2, 0) is 16.0 Å². The normalized spacial score (nSPS) is 14.3. The molecule has 1 aromatic carbocycles. The van der Waals surface area contributed by atoms with Gasteiger partial charge in [-0.25, -0.2) is 9.59 Å². The first kappa shape index (κ1) is 17.2. The molecule has 126 valence electrons. The van der Waals surface area contributed by atoms with Crippen LogP contribution >= 0.6 is 11.6 Å². The van der Waals surface area contributed by atoms with Crippen molar-refractivity contribution < 1.29 is 28.9 Å². The van der Waals surface area contributed by atoms with Gasteiger partial charge in [0.1, 0.15) is 11.6 Å². The Bertz CT molecular complexity index is 625. The van der Waals surface area contributed by atoms with Crippen molar-refractivity contribution >= 4 is 23.7 Å². The lowest BCUT2D eigenvalue weighted by Crippen LogP contribution is -2.44. The van der Waals surface area contributed by atoms with E-state index in [1.165, 1.54) is 0 Å². The van der Waals surface area contributed by atoms with Gasteiger partial charge in [0, 0.05) is 17.5 Å². The molecule has 0 aliphatic carbocycles. The number of nitrogens with one attached hydrogen (secondary N) is 1. The number of carboxylic acids is 1. The highest BCUT2D eigenvalue weighted by Crippen LogP contribution is 2.37. The lowest BCUT2D eigenvalue weighted by Gasteiger charge is -2.22. The Kier molecular flexibility index (Phi) is 4.89. The second-order valence-electron chi connectivity index (χ2n) is 6.04. The number of hydrogen-bond donors (Lipinski definition) is 2. The minimum absolute atomic E-state index is 0.00987. The Morgan fingerprint density at radius 2 is 1.96 bits per heavy atom. The van der Waals surface area contributed by atoms with Gasteiger partial charge in [-0.15, -0.1) is 0 Å². The molecule has 2 rings (SSSR count). The predicted octanol–water partition coefficient (Wildman–Crippen LogP) is 2.59. The van der Waals surface area contributed by atoms with Gasteiger partial charge in [0.05, 0.1) is 0 Å². The third-order valence-corrected chi connectivity index (χ3v) is 3.31. The van der Waals surface area contributed by atoms with Crippen molar-refractivity contribution in [1.82, 2.24) is 5.32 Å². The number of hydrogen-bond acceptors (Lipinski definition) is 5. The molecule has 2 N–H and O–H groups in total. The van der Waals surface area contributed by atoms with Gasteiger partial charge >= 0.3 is 12.1 Å². The molecule has 8 heteroatoms. The van der Waals surface area contributed by atoms with E-state index in [9.17, 15) is 14.7 Å². The Hall–Kier alpha value is -2.15. The molecule has 1 aromatic rings. The molecule has 1 unspecified atom stereocenters. The van der Waals surface area contributed by atoms with Crippen molar-refractivity contribution in [2.75, 3.05) is 6.79 Å². The minimum Gasteiger partial charge on any atom is -0.480 e. The topological polar surface area (TPSA) is 94.1 Å². The zero-order chi connectivity index (χ0) is 17.2. The Morgan fingerprint density at radius 3 is 2.52 bits per heavy atom. The SMILES string of the molecule is CC(C)(C)OC(=O)NC(Cc1cc2c(cc1Cl)OCO2)C(=O)O. The summed E-state index contributed by atoms with van der Waals surface area (Å²) >= 11 is 6.13. The van der Waals surface area contributed by atoms with Gasteiger partial charge in [-0.1, -0.05) is 11.6 Å². The third-order valence-electron chi connectivity index (χ3n) is 2.95. The molecule has 1 aliphatic rings. The molecule has 1 atom stereocenters. The largest absolute Gasteiger partial charge is 0.480 e. The summed E-state index contributed by atoms with van der Waals surface area (Å²) < 4.78 is 15.5. The Balaban J connectivity index is 2.11. The fraction of sp³-hybridized carbons (Fsp3) is 0.467. The molecule has 0 saturated carbocycles. The quantitative estimate of drug-likeness (QED) is 0.872. The zero-order valence-corrected chi connectivity index (χ0v) is 13.8. The number of carboxylic acid groups (broad SMARTS) is 1. The molecule has 1 heterocycles. The lowest BCUT2D eigenvalue weighted by molar-refractivity contribution is -0.139. The second-order valence-corrected chi connectivity index (χ2v) is 6.45. The van der Waals surface area contributed by atoms with E-state index in [0.717, 1.165) is 0 Å². The maximum absolute atomic E-state index is 11.8. The number of rotatable bonds is 4. The molecule has 1 amide bonds. The van der Waals surface area contributed by atoms with Crippen LogP contribution in [0.15, 0.2) is 12.1 Å². The summed E-state index contributed by atoms with van der Waals surface area (Å²) in [5.41, 5.74) is -0.192. The van der Waals surface area contributed by atoms with Crippen LogP contribution in [0, 0.1) is 0 Å². The first-order valence-electron chi connectivity index (χ1n) is 6.96. The number of aliphatic carboxylic acids is 1. The van der Waals surface area contributed by atoms with Crippen molar-refractivity contribution in [3.8, 4) is 11.5 Å². The maximum Gasteiger partial charge on any atom is 0.408 e. The van der Waals surface area contributed by atoms with Gasteiger partial charge in [-0.05, 0) is 32.4 Å². The smallest absolute Gasteiger partial charge is 0.408 e. The number of benzene rings is 1. The summed E-state index contributed by atoms with van der Waals surface area (Å²) in [5.74, 6) is -0.193. The van der Waals surface area contributed by atoms with E-state index in [1.54, 1.807) is 32.9 Å². The second kappa shape index (κ2) is 6.54. The summed E-state index contributed by atoms with van der Waals surface area (Å²) in [5, 5.41) is 12.0. The highest BCUT2D eigenvalue weighted by Gasteiger charge is 2.26. The van der Waals surface area contributed by atoms with Gasteiger partial charge in [0.15, 0.2) is 11.5 Å². The molecule has 0 spiro atoms. The molecule has 7 nitrogen and oxygen atoms in total. The van der Waals surface area contributed by atoms with Crippen LogP contribution in [0.4, 0.5) is 4.79 Å². The first-order chi connectivity index (χ1) is 10.7. The Morgan fingerprint density at radius 1 is 1.35 bits per heavy atom. The van der Waals surface area contributed by atoms with E-state index in [1.807, 2.05) is 0 Å². The van der Waals surface area contributed by atoms with Gasteiger partial charge in [-0.3, -0.25) is 0 Å². The van der Waals surface area contributed by atoms with E-state index in [4.69, 9.17) is 25.8 Å². The number of ether oxygens (including phenoxy) is 3. The monoisotopic (exact) mass is 343 g/mol. The molecule has 0 radical (unpaired) electrons. The van der Waals surface area contributed by atoms with Gasteiger partial charge in [0.25, 0.3) is 0 Å². The van der Waals surface area contributed by atoms with Gasteiger partial charge in [0.2, 0.25) is 6.79 Å². The average Bonchev–Trinajstić information content (AvgIpc) is 2.82. The number of alkyl carbamates (subject to hydrolysis) is 1. The highest BCUT2D eigenvalue weighted by molar-refractivity contribution is 6.31. The molecule has 23 heavy (non-hydrogen) atoms. The lowest BCUT2D eigenvalue weighted by atomic mass is 10.1. The molecule has 0 aromatic heterocycles. The van der Waals surface area contributed by atoms with Crippen LogP contribution in [0.2, 0.25) is 5.02 Å². The fourth-order valence-corrected chi connectivity index (χ4v) is 2.22. The summed E-state index contributed by atoms with van der Waals surface area (Å²) in [6.45, 7) is 5.17. The summed E-state index contributed by atoms with van der Waals surface area (Å²) in [7, 11) is 0. The maximum atomic E-state index is 11.8. The number of carbonyl (C=O) groups is 2.